The number of unbranched alkanes of at least 4 members (excludes halogenated alkanes) is 13. The maximum absolute atomic E-state index is 11.1. The van der Waals surface area contributed by atoms with E-state index in [1.807, 2.05) is 0 Å². The Labute approximate surface area is 138 Å². The van der Waals surface area contributed by atoms with E-state index in [1.165, 1.54) is 83.5 Å². The number of ether oxygens (including phenoxy) is 1. The molecule has 0 rings (SSSR count). The number of nitrogens with one attached hydrogen (secondary N) is 1. The summed E-state index contributed by atoms with van der Waals surface area (Å²) in [5.41, 5.74) is 0. The van der Waals surface area contributed by atoms with E-state index in [0.717, 1.165) is 6.42 Å². The fourth-order valence-corrected chi connectivity index (χ4v) is 2.68. The molecule has 0 radical (unpaired) electrons. The van der Waals surface area contributed by atoms with E-state index in [0.29, 0.717) is 13.2 Å². The number of esters is 1. The monoisotopic (exact) mass is 313 g/mol. The van der Waals surface area contributed by atoms with Crippen molar-refractivity contribution < 1.29 is 9.53 Å². The van der Waals surface area contributed by atoms with Gasteiger partial charge in [-0.15, -0.1) is 0 Å². The molecule has 1 N–H and O–H groups in total. The molecule has 0 bridgehead atoms. The SMILES string of the molecule is CCCCCCCCCCCCCCCCOC(=O)CNC. The summed E-state index contributed by atoms with van der Waals surface area (Å²) in [5, 5.41) is 2.80. The molecule has 3 heteroatoms. The maximum atomic E-state index is 11.1. The Morgan fingerprint density at radius 1 is 0.727 bits per heavy atom. The highest BCUT2D eigenvalue weighted by atomic mass is 16.5. The molecule has 3 nitrogen and oxygen atoms in total. The zero-order valence-electron chi connectivity index (χ0n) is 15.1. The summed E-state index contributed by atoms with van der Waals surface area (Å²) >= 11 is 0. The number of carbonyl (C=O) groups is 1. The first kappa shape index (κ1) is 21.4. The molecule has 0 aromatic heterocycles. The van der Waals surface area contributed by atoms with Crippen molar-refractivity contribution in [2.24, 2.45) is 0 Å². The zero-order valence-corrected chi connectivity index (χ0v) is 15.1. The smallest absolute Gasteiger partial charge is 0.319 e. The third kappa shape index (κ3) is 17.5. The lowest BCUT2D eigenvalue weighted by atomic mass is 10.0. The molecule has 0 aromatic rings. The molecular formula is C19H39NO2. The Kier molecular flexibility index (Phi) is 18.0. The van der Waals surface area contributed by atoms with Gasteiger partial charge in [-0.25, -0.2) is 0 Å². The average molecular weight is 314 g/mol. The van der Waals surface area contributed by atoms with Gasteiger partial charge >= 0.3 is 5.97 Å². The minimum absolute atomic E-state index is 0.141. The van der Waals surface area contributed by atoms with Gasteiger partial charge < -0.3 is 10.1 Å². The molecular weight excluding hydrogens is 274 g/mol. The molecule has 0 amide bonds. The standard InChI is InChI=1S/C19H39NO2/c1-3-4-5-6-7-8-9-10-11-12-13-14-15-16-17-22-19(21)18-20-2/h20H,3-18H2,1-2H3. The lowest BCUT2D eigenvalue weighted by Crippen LogP contribution is -2.21. The first-order valence-electron chi connectivity index (χ1n) is 9.61. The molecule has 0 aliphatic carbocycles. The van der Waals surface area contributed by atoms with Crippen molar-refractivity contribution in [3.8, 4) is 0 Å². The Hall–Kier alpha value is -0.570. The van der Waals surface area contributed by atoms with Crippen molar-refractivity contribution in [3.05, 3.63) is 0 Å². The number of rotatable bonds is 17. The van der Waals surface area contributed by atoms with Gasteiger partial charge in [0.15, 0.2) is 0 Å². The minimum Gasteiger partial charge on any atom is -0.465 e. The van der Waals surface area contributed by atoms with Crippen LogP contribution in [-0.2, 0) is 9.53 Å². The fourth-order valence-electron chi connectivity index (χ4n) is 2.68. The van der Waals surface area contributed by atoms with Crippen LogP contribution in [0.15, 0.2) is 0 Å². The molecule has 0 fully saturated rings. The van der Waals surface area contributed by atoms with Gasteiger partial charge in [0.25, 0.3) is 0 Å². The summed E-state index contributed by atoms with van der Waals surface area (Å²) in [7, 11) is 1.76. The molecule has 0 saturated heterocycles. The Bertz CT molecular complexity index is 231. The number of hydrogen-bond donors (Lipinski definition) is 1. The van der Waals surface area contributed by atoms with Crippen LogP contribution < -0.4 is 5.32 Å². The van der Waals surface area contributed by atoms with Crippen LogP contribution in [0, 0.1) is 0 Å². The molecule has 0 spiro atoms. The molecule has 132 valence electrons. The highest BCUT2D eigenvalue weighted by molar-refractivity contribution is 5.71. The average Bonchev–Trinajstić information content (AvgIpc) is 2.51. The topological polar surface area (TPSA) is 38.3 Å². The summed E-state index contributed by atoms with van der Waals surface area (Å²) in [6.45, 7) is 3.17. The van der Waals surface area contributed by atoms with Gasteiger partial charge in [0.05, 0.1) is 13.2 Å². The molecule has 0 aliphatic heterocycles. The number of carbonyl (C=O) groups excluding carboxylic acids is 1. The molecule has 0 aliphatic rings. The maximum Gasteiger partial charge on any atom is 0.319 e. The van der Waals surface area contributed by atoms with Crippen LogP contribution in [0.3, 0.4) is 0 Å². The predicted octanol–water partition coefficient (Wildman–Crippen LogP) is 5.23. The van der Waals surface area contributed by atoms with Crippen LogP contribution in [0.5, 0.6) is 0 Å². The molecule has 22 heavy (non-hydrogen) atoms. The third-order valence-corrected chi connectivity index (χ3v) is 4.08. The van der Waals surface area contributed by atoms with E-state index in [2.05, 4.69) is 12.2 Å². The van der Waals surface area contributed by atoms with Crippen LogP contribution in [0.2, 0.25) is 0 Å². The predicted molar refractivity (Wildman–Crippen MR) is 95.2 cm³/mol. The zero-order chi connectivity index (χ0) is 16.3. The van der Waals surface area contributed by atoms with Gasteiger partial charge in [0.2, 0.25) is 0 Å². The van der Waals surface area contributed by atoms with Crippen molar-refractivity contribution in [2.45, 2.75) is 96.8 Å². The summed E-state index contributed by atoms with van der Waals surface area (Å²) in [4.78, 5) is 11.1. The Morgan fingerprint density at radius 2 is 1.14 bits per heavy atom. The first-order valence-corrected chi connectivity index (χ1v) is 9.61. The molecule has 0 saturated carbocycles. The van der Waals surface area contributed by atoms with Gasteiger partial charge in [-0.3, -0.25) is 4.79 Å². The van der Waals surface area contributed by atoms with E-state index in [9.17, 15) is 4.79 Å². The lowest BCUT2D eigenvalue weighted by Gasteiger charge is -2.05. The van der Waals surface area contributed by atoms with Crippen molar-refractivity contribution in [1.82, 2.24) is 5.32 Å². The minimum atomic E-state index is -0.141. The summed E-state index contributed by atoms with van der Waals surface area (Å²) in [5.74, 6) is -0.141. The molecule has 0 atom stereocenters. The van der Waals surface area contributed by atoms with Gasteiger partial charge in [0.1, 0.15) is 0 Å². The summed E-state index contributed by atoms with van der Waals surface area (Å²) in [6, 6.07) is 0. The van der Waals surface area contributed by atoms with Crippen LogP contribution in [0.1, 0.15) is 96.8 Å². The lowest BCUT2D eigenvalue weighted by molar-refractivity contribution is -0.142. The number of likely N-dealkylation sites (N-methyl/N-ethyl adjacent to an activating group) is 1. The van der Waals surface area contributed by atoms with Crippen LogP contribution >= 0.6 is 0 Å². The van der Waals surface area contributed by atoms with E-state index in [-0.39, 0.29) is 5.97 Å². The molecule has 0 heterocycles. The van der Waals surface area contributed by atoms with E-state index < -0.39 is 0 Å². The van der Waals surface area contributed by atoms with Gasteiger partial charge in [-0.05, 0) is 13.5 Å². The van der Waals surface area contributed by atoms with Crippen LogP contribution in [0.4, 0.5) is 0 Å². The van der Waals surface area contributed by atoms with E-state index >= 15 is 0 Å². The highest BCUT2D eigenvalue weighted by Gasteiger charge is 1.99. The Morgan fingerprint density at radius 3 is 1.55 bits per heavy atom. The van der Waals surface area contributed by atoms with Gasteiger partial charge in [-0.2, -0.15) is 0 Å². The van der Waals surface area contributed by atoms with Crippen molar-refractivity contribution in [1.29, 1.82) is 0 Å². The Balaban J connectivity index is 3.01. The quantitative estimate of drug-likeness (QED) is 0.295. The van der Waals surface area contributed by atoms with Gasteiger partial charge in [0, 0.05) is 0 Å². The first-order chi connectivity index (χ1) is 10.8. The largest absolute Gasteiger partial charge is 0.465 e. The number of hydrogen-bond acceptors (Lipinski definition) is 3. The van der Waals surface area contributed by atoms with Crippen LogP contribution in [-0.4, -0.2) is 26.2 Å². The molecule has 0 unspecified atom stereocenters. The third-order valence-electron chi connectivity index (χ3n) is 4.08. The van der Waals surface area contributed by atoms with Crippen LogP contribution in [0.25, 0.3) is 0 Å². The summed E-state index contributed by atoms with van der Waals surface area (Å²) in [6.07, 6.45) is 18.9. The second-order valence-electron chi connectivity index (χ2n) is 6.35. The van der Waals surface area contributed by atoms with Crippen molar-refractivity contribution >= 4 is 5.97 Å². The highest BCUT2D eigenvalue weighted by Crippen LogP contribution is 2.12. The van der Waals surface area contributed by atoms with E-state index in [4.69, 9.17) is 4.74 Å². The summed E-state index contributed by atoms with van der Waals surface area (Å²) < 4.78 is 5.09. The fraction of sp³-hybridized carbons (Fsp3) is 0.947. The molecule has 0 aromatic carbocycles. The second-order valence-corrected chi connectivity index (χ2v) is 6.35. The van der Waals surface area contributed by atoms with Gasteiger partial charge in [-0.1, -0.05) is 90.4 Å². The normalized spacial score (nSPS) is 10.8. The van der Waals surface area contributed by atoms with E-state index in [1.54, 1.807) is 7.05 Å². The van der Waals surface area contributed by atoms with Crippen molar-refractivity contribution in [3.63, 3.8) is 0 Å². The second kappa shape index (κ2) is 18.5. The van der Waals surface area contributed by atoms with Crippen molar-refractivity contribution in [2.75, 3.05) is 20.2 Å².